The Hall–Kier alpha value is -0.570. The van der Waals surface area contributed by atoms with Gasteiger partial charge in [0.25, 0.3) is 0 Å². The third kappa shape index (κ3) is 0.560. The molecule has 0 aliphatic heterocycles. The van der Waals surface area contributed by atoms with Crippen molar-refractivity contribution in [3.63, 3.8) is 0 Å². The second-order valence-corrected chi connectivity index (χ2v) is 3.56. The lowest BCUT2D eigenvalue weighted by atomic mass is 10.0. The molecule has 0 saturated heterocycles. The van der Waals surface area contributed by atoms with Crippen LogP contribution in [0.2, 0.25) is 0 Å². The molecule has 2 fully saturated rings. The van der Waals surface area contributed by atoms with Crippen LogP contribution in [0.5, 0.6) is 0 Å². The van der Waals surface area contributed by atoms with Crippen molar-refractivity contribution in [3.05, 3.63) is 0 Å². The van der Waals surface area contributed by atoms with Gasteiger partial charge in [0, 0.05) is 6.04 Å². The number of carboxylic acid groups (broad SMARTS) is 1. The van der Waals surface area contributed by atoms with Crippen LogP contribution in [-0.2, 0) is 4.79 Å². The zero-order valence-electron chi connectivity index (χ0n) is 5.71. The number of carboxylic acids is 1. The van der Waals surface area contributed by atoms with Crippen molar-refractivity contribution < 1.29 is 9.90 Å². The summed E-state index contributed by atoms with van der Waals surface area (Å²) >= 11 is 0. The lowest BCUT2D eigenvalue weighted by Crippen LogP contribution is -2.22. The second-order valence-electron chi connectivity index (χ2n) is 3.56. The third-order valence-corrected chi connectivity index (χ3v) is 2.87. The van der Waals surface area contributed by atoms with Crippen LogP contribution in [0, 0.1) is 11.3 Å². The number of rotatable bonds is 1. The number of hydrogen-bond acceptors (Lipinski definition) is 2. The molecule has 3 nitrogen and oxygen atoms in total. The number of hydrogen-bond donors (Lipinski definition) is 2. The van der Waals surface area contributed by atoms with E-state index in [4.69, 9.17) is 10.8 Å². The van der Waals surface area contributed by atoms with Crippen LogP contribution < -0.4 is 5.73 Å². The van der Waals surface area contributed by atoms with Crippen molar-refractivity contribution in [1.29, 1.82) is 0 Å². The van der Waals surface area contributed by atoms with E-state index >= 15 is 0 Å². The molecule has 2 rings (SSSR count). The maximum Gasteiger partial charge on any atom is 0.309 e. The molecule has 3 heteroatoms. The van der Waals surface area contributed by atoms with E-state index in [2.05, 4.69) is 0 Å². The van der Waals surface area contributed by atoms with E-state index in [1.165, 1.54) is 0 Å². The highest BCUT2D eigenvalue weighted by Crippen LogP contribution is 2.63. The van der Waals surface area contributed by atoms with Crippen LogP contribution in [0.15, 0.2) is 0 Å². The average molecular weight is 141 g/mol. The molecule has 3 atom stereocenters. The normalized spacial score (nSPS) is 50.5. The van der Waals surface area contributed by atoms with E-state index < -0.39 is 5.97 Å². The topological polar surface area (TPSA) is 63.3 Å². The van der Waals surface area contributed by atoms with E-state index in [0.29, 0.717) is 12.3 Å². The summed E-state index contributed by atoms with van der Waals surface area (Å²) in [6.07, 6.45) is 2.50. The summed E-state index contributed by atoms with van der Waals surface area (Å²) in [5.41, 5.74) is 5.24. The van der Waals surface area contributed by atoms with Crippen LogP contribution >= 0.6 is 0 Å². The molecule has 0 bridgehead atoms. The van der Waals surface area contributed by atoms with Gasteiger partial charge in [-0.25, -0.2) is 0 Å². The first-order valence-electron chi connectivity index (χ1n) is 3.64. The molecule has 0 aromatic heterocycles. The standard InChI is InChI=1S/C7H11NO2/c8-5-1-4-2-7(4,3-5)6(9)10/h4-5H,1-3,8H2,(H,9,10). The Morgan fingerprint density at radius 2 is 2.30 bits per heavy atom. The Bertz CT molecular complexity index is 192. The van der Waals surface area contributed by atoms with Gasteiger partial charge >= 0.3 is 5.97 Å². The van der Waals surface area contributed by atoms with E-state index in [1.54, 1.807) is 0 Å². The van der Waals surface area contributed by atoms with Gasteiger partial charge in [-0.05, 0) is 25.2 Å². The summed E-state index contributed by atoms with van der Waals surface area (Å²) < 4.78 is 0. The fraction of sp³-hybridized carbons (Fsp3) is 0.857. The average Bonchev–Trinajstić information content (AvgIpc) is 2.37. The molecule has 3 unspecified atom stereocenters. The molecule has 2 saturated carbocycles. The first kappa shape index (κ1) is 6.16. The van der Waals surface area contributed by atoms with Crippen molar-refractivity contribution in [3.8, 4) is 0 Å². The van der Waals surface area contributed by atoms with Crippen LogP contribution in [0.3, 0.4) is 0 Å². The molecular weight excluding hydrogens is 130 g/mol. The molecule has 0 amide bonds. The Balaban J connectivity index is 2.15. The second kappa shape index (κ2) is 1.53. The molecule has 0 heterocycles. The van der Waals surface area contributed by atoms with Crippen molar-refractivity contribution in [2.75, 3.05) is 0 Å². The van der Waals surface area contributed by atoms with Crippen LogP contribution in [0.4, 0.5) is 0 Å². The molecule has 0 aromatic rings. The number of aliphatic carboxylic acids is 1. The SMILES string of the molecule is NC1CC2CC2(C(=O)O)C1. The van der Waals surface area contributed by atoms with Gasteiger partial charge < -0.3 is 10.8 Å². The number of carbonyl (C=O) groups is 1. The molecular formula is C7H11NO2. The maximum absolute atomic E-state index is 10.7. The number of fused-ring (bicyclic) bond motifs is 1. The molecule has 0 spiro atoms. The van der Waals surface area contributed by atoms with Gasteiger partial charge in [-0.15, -0.1) is 0 Å². The summed E-state index contributed by atoms with van der Waals surface area (Å²) in [5.74, 6) is -0.231. The molecule has 2 aliphatic carbocycles. The van der Waals surface area contributed by atoms with Crippen LogP contribution in [0.1, 0.15) is 19.3 Å². The first-order chi connectivity index (χ1) is 4.65. The molecule has 56 valence electrons. The van der Waals surface area contributed by atoms with Crippen molar-refractivity contribution in [2.45, 2.75) is 25.3 Å². The Morgan fingerprint density at radius 1 is 1.60 bits per heavy atom. The zero-order chi connectivity index (χ0) is 7.35. The summed E-state index contributed by atoms with van der Waals surface area (Å²) in [6, 6.07) is 0.148. The fourth-order valence-corrected chi connectivity index (χ4v) is 2.21. The Morgan fingerprint density at radius 3 is 2.60 bits per heavy atom. The van der Waals surface area contributed by atoms with Gasteiger partial charge in [0.2, 0.25) is 0 Å². The van der Waals surface area contributed by atoms with Crippen molar-refractivity contribution >= 4 is 5.97 Å². The molecule has 0 aromatic carbocycles. The molecule has 3 N–H and O–H groups in total. The minimum absolute atomic E-state index is 0.148. The minimum atomic E-state index is -0.634. The van der Waals surface area contributed by atoms with Gasteiger partial charge in [-0.1, -0.05) is 0 Å². The van der Waals surface area contributed by atoms with E-state index in [-0.39, 0.29) is 11.5 Å². The first-order valence-corrected chi connectivity index (χ1v) is 3.64. The molecule has 2 aliphatic rings. The summed E-state index contributed by atoms with van der Waals surface area (Å²) in [5, 5.41) is 8.78. The highest BCUT2D eigenvalue weighted by atomic mass is 16.4. The van der Waals surface area contributed by atoms with E-state index in [1.807, 2.05) is 0 Å². The maximum atomic E-state index is 10.7. The Kier molecular flexibility index (Phi) is 0.944. The Labute approximate surface area is 59.2 Å². The number of nitrogens with two attached hydrogens (primary N) is 1. The van der Waals surface area contributed by atoms with Crippen LogP contribution in [0.25, 0.3) is 0 Å². The largest absolute Gasteiger partial charge is 0.481 e. The van der Waals surface area contributed by atoms with E-state index in [0.717, 1.165) is 12.8 Å². The zero-order valence-corrected chi connectivity index (χ0v) is 5.71. The van der Waals surface area contributed by atoms with Gasteiger partial charge in [0.15, 0.2) is 0 Å². The summed E-state index contributed by atoms with van der Waals surface area (Å²) in [7, 11) is 0. The molecule has 0 radical (unpaired) electrons. The lowest BCUT2D eigenvalue weighted by Gasteiger charge is -2.06. The quantitative estimate of drug-likeness (QED) is 0.548. The predicted molar refractivity (Wildman–Crippen MR) is 35.4 cm³/mol. The fourth-order valence-electron chi connectivity index (χ4n) is 2.21. The highest BCUT2D eigenvalue weighted by Gasteiger charge is 2.64. The van der Waals surface area contributed by atoms with Gasteiger partial charge in [-0.2, -0.15) is 0 Å². The predicted octanol–water partition coefficient (Wildman–Crippen LogP) is 0.198. The van der Waals surface area contributed by atoms with Crippen molar-refractivity contribution in [2.24, 2.45) is 17.1 Å². The van der Waals surface area contributed by atoms with Crippen LogP contribution in [-0.4, -0.2) is 17.1 Å². The van der Waals surface area contributed by atoms with E-state index in [9.17, 15) is 4.79 Å². The third-order valence-electron chi connectivity index (χ3n) is 2.87. The van der Waals surface area contributed by atoms with Crippen molar-refractivity contribution in [1.82, 2.24) is 0 Å². The minimum Gasteiger partial charge on any atom is -0.481 e. The van der Waals surface area contributed by atoms with Gasteiger partial charge in [-0.3, -0.25) is 4.79 Å². The molecule has 10 heavy (non-hydrogen) atoms. The monoisotopic (exact) mass is 141 g/mol. The van der Waals surface area contributed by atoms with Gasteiger partial charge in [0.05, 0.1) is 5.41 Å². The lowest BCUT2D eigenvalue weighted by molar-refractivity contribution is -0.143. The highest BCUT2D eigenvalue weighted by molar-refractivity contribution is 5.79. The smallest absolute Gasteiger partial charge is 0.309 e. The van der Waals surface area contributed by atoms with Gasteiger partial charge in [0.1, 0.15) is 0 Å². The summed E-state index contributed by atoms with van der Waals surface area (Å²) in [6.45, 7) is 0. The summed E-state index contributed by atoms with van der Waals surface area (Å²) in [4.78, 5) is 10.7.